The van der Waals surface area contributed by atoms with Gasteiger partial charge in [0, 0.05) is 45.2 Å². The Morgan fingerprint density at radius 1 is 1.00 bits per heavy atom. The van der Waals surface area contributed by atoms with E-state index >= 15 is 0 Å². The van der Waals surface area contributed by atoms with E-state index in [1.807, 2.05) is 11.7 Å². The van der Waals surface area contributed by atoms with E-state index in [1.54, 1.807) is 0 Å². The van der Waals surface area contributed by atoms with Crippen LogP contribution in [0.3, 0.4) is 0 Å². The van der Waals surface area contributed by atoms with Crippen molar-refractivity contribution in [1.29, 1.82) is 0 Å². The van der Waals surface area contributed by atoms with Crippen molar-refractivity contribution < 1.29 is 0 Å². The Labute approximate surface area is 178 Å². The van der Waals surface area contributed by atoms with E-state index < -0.39 is 0 Å². The number of nitrogens with zero attached hydrogens (tertiary/aromatic N) is 6. The summed E-state index contributed by atoms with van der Waals surface area (Å²) in [6, 6.07) is 4.35. The Morgan fingerprint density at radius 2 is 1.77 bits per heavy atom. The SMILES string of the molecule is Cn1cc(-c2nn(C)c3nc(N4CCCCCC4)ccc23)nc1CC1CCNCC1. The molecule has 0 atom stereocenters. The lowest BCUT2D eigenvalue weighted by atomic mass is 9.94. The van der Waals surface area contributed by atoms with E-state index in [2.05, 4.69) is 40.2 Å². The van der Waals surface area contributed by atoms with Gasteiger partial charge in [-0.25, -0.2) is 14.6 Å². The summed E-state index contributed by atoms with van der Waals surface area (Å²) in [7, 11) is 4.09. The van der Waals surface area contributed by atoms with Gasteiger partial charge in [0.05, 0.1) is 0 Å². The van der Waals surface area contributed by atoms with Gasteiger partial charge in [0.1, 0.15) is 23.0 Å². The van der Waals surface area contributed by atoms with Crippen molar-refractivity contribution in [2.45, 2.75) is 44.9 Å². The third-order valence-corrected chi connectivity index (χ3v) is 6.75. The summed E-state index contributed by atoms with van der Waals surface area (Å²) in [5.41, 5.74) is 2.84. The van der Waals surface area contributed by atoms with Crippen LogP contribution in [0.2, 0.25) is 0 Å². The third-order valence-electron chi connectivity index (χ3n) is 6.75. The predicted molar refractivity (Wildman–Crippen MR) is 121 cm³/mol. The molecule has 3 aromatic heterocycles. The second kappa shape index (κ2) is 8.38. The number of imidazole rings is 1. The van der Waals surface area contributed by atoms with Crippen LogP contribution in [0.1, 0.15) is 44.3 Å². The van der Waals surface area contributed by atoms with Gasteiger partial charge in [-0.05, 0) is 56.8 Å². The van der Waals surface area contributed by atoms with Crippen molar-refractivity contribution >= 4 is 16.9 Å². The minimum Gasteiger partial charge on any atom is -0.357 e. The molecule has 0 bridgehead atoms. The summed E-state index contributed by atoms with van der Waals surface area (Å²) in [6.07, 6.45) is 10.8. The predicted octanol–water partition coefficient (Wildman–Crippen LogP) is 3.29. The molecule has 0 aliphatic carbocycles. The minimum absolute atomic E-state index is 0.721. The summed E-state index contributed by atoms with van der Waals surface area (Å²) >= 11 is 0. The lowest BCUT2D eigenvalue weighted by molar-refractivity contribution is 0.364. The molecule has 0 amide bonds. The smallest absolute Gasteiger partial charge is 0.160 e. The number of pyridine rings is 1. The normalized spacial score (nSPS) is 18.8. The second-order valence-corrected chi connectivity index (χ2v) is 8.96. The van der Waals surface area contributed by atoms with Crippen molar-refractivity contribution in [3.63, 3.8) is 0 Å². The molecule has 160 valence electrons. The maximum Gasteiger partial charge on any atom is 0.160 e. The molecule has 5 rings (SSSR count). The maximum atomic E-state index is 4.99. The molecule has 0 unspecified atom stereocenters. The summed E-state index contributed by atoms with van der Waals surface area (Å²) in [5.74, 6) is 2.95. The van der Waals surface area contributed by atoms with Gasteiger partial charge in [-0.2, -0.15) is 5.10 Å². The average Bonchev–Trinajstić information content (AvgIpc) is 3.15. The molecule has 0 spiro atoms. The van der Waals surface area contributed by atoms with Gasteiger partial charge in [0.2, 0.25) is 0 Å². The number of hydrogen-bond acceptors (Lipinski definition) is 5. The number of anilines is 1. The fourth-order valence-electron chi connectivity index (χ4n) is 4.94. The molecule has 0 aromatic carbocycles. The van der Waals surface area contributed by atoms with Gasteiger partial charge in [-0.1, -0.05) is 12.8 Å². The lowest BCUT2D eigenvalue weighted by Gasteiger charge is -2.22. The number of aromatic nitrogens is 5. The highest BCUT2D eigenvalue weighted by Crippen LogP contribution is 2.29. The molecule has 0 saturated carbocycles. The first-order valence-electron chi connectivity index (χ1n) is 11.5. The molecule has 30 heavy (non-hydrogen) atoms. The van der Waals surface area contributed by atoms with E-state index in [4.69, 9.17) is 15.1 Å². The zero-order valence-corrected chi connectivity index (χ0v) is 18.3. The minimum atomic E-state index is 0.721. The first kappa shape index (κ1) is 19.5. The molecule has 2 aliphatic rings. The highest BCUT2D eigenvalue weighted by atomic mass is 15.3. The van der Waals surface area contributed by atoms with Gasteiger partial charge in [-0.3, -0.25) is 0 Å². The maximum absolute atomic E-state index is 4.99. The van der Waals surface area contributed by atoms with Crippen LogP contribution in [0.15, 0.2) is 18.3 Å². The molecule has 5 heterocycles. The molecular formula is C23H33N7. The van der Waals surface area contributed by atoms with Crippen LogP contribution in [0.4, 0.5) is 5.82 Å². The number of nitrogens with one attached hydrogen (secondary N) is 1. The number of piperidine rings is 1. The van der Waals surface area contributed by atoms with Crippen molar-refractivity contribution in [2.24, 2.45) is 20.0 Å². The van der Waals surface area contributed by atoms with Crippen molar-refractivity contribution in [3.05, 3.63) is 24.2 Å². The van der Waals surface area contributed by atoms with E-state index in [-0.39, 0.29) is 0 Å². The Bertz CT molecular complexity index is 1000. The monoisotopic (exact) mass is 407 g/mol. The van der Waals surface area contributed by atoms with Crippen molar-refractivity contribution in [2.75, 3.05) is 31.1 Å². The highest BCUT2D eigenvalue weighted by molar-refractivity contribution is 5.91. The largest absolute Gasteiger partial charge is 0.357 e. The molecule has 0 radical (unpaired) electrons. The van der Waals surface area contributed by atoms with E-state index in [0.29, 0.717) is 0 Å². The van der Waals surface area contributed by atoms with Crippen LogP contribution >= 0.6 is 0 Å². The molecule has 3 aromatic rings. The molecular weight excluding hydrogens is 374 g/mol. The summed E-state index contributed by atoms with van der Waals surface area (Å²) in [6.45, 7) is 4.45. The fourth-order valence-corrected chi connectivity index (χ4v) is 4.94. The second-order valence-electron chi connectivity index (χ2n) is 8.96. The summed E-state index contributed by atoms with van der Waals surface area (Å²) in [5, 5.41) is 9.35. The highest BCUT2D eigenvalue weighted by Gasteiger charge is 2.20. The molecule has 7 heteroatoms. The van der Waals surface area contributed by atoms with E-state index in [0.717, 1.165) is 72.6 Å². The number of rotatable bonds is 4. The van der Waals surface area contributed by atoms with Gasteiger partial charge >= 0.3 is 0 Å². The number of hydrogen-bond donors (Lipinski definition) is 1. The average molecular weight is 408 g/mol. The zero-order valence-electron chi connectivity index (χ0n) is 18.3. The Morgan fingerprint density at radius 3 is 2.53 bits per heavy atom. The van der Waals surface area contributed by atoms with E-state index in [1.165, 1.54) is 38.5 Å². The Kier molecular flexibility index (Phi) is 5.46. The van der Waals surface area contributed by atoms with E-state index in [9.17, 15) is 0 Å². The van der Waals surface area contributed by atoms with Gasteiger partial charge in [0.25, 0.3) is 0 Å². The summed E-state index contributed by atoms with van der Waals surface area (Å²) in [4.78, 5) is 12.4. The first-order chi connectivity index (χ1) is 14.7. The molecule has 7 nitrogen and oxygen atoms in total. The Hall–Kier alpha value is -2.41. The van der Waals surface area contributed by atoms with Crippen LogP contribution in [0.25, 0.3) is 22.4 Å². The van der Waals surface area contributed by atoms with Gasteiger partial charge in [-0.15, -0.1) is 0 Å². The van der Waals surface area contributed by atoms with Crippen LogP contribution in [0.5, 0.6) is 0 Å². The molecule has 1 N–H and O–H groups in total. The fraction of sp³-hybridized carbons (Fsp3) is 0.609. The van der Waals surface area contributed by atoms with Crippen LogP contribution in [-0.4, -0.2) is 50.5 Å². The summed E-state index contributed by atoms with van der Waals surface area (Å²) < 4.78 is 4.09. The third kappa shape index (κ3) is 3.83. The topological polar surface area (TPSA) is 63.8 Å². The lowest BCUT2D eigenvalue weighted by Crippen LogP contribution is -2.29. The Balaban J connectivity index is 1.44. The van der Waals surface area contributed by atoms with Crippen LogP contribution < -0.4 is 10.2 Å². The molecule has 2 aliphatic heterocycles. The van der Waals surface area contributed by atoms with Crippen LogP contribution in [-0.2, 0) is 20.5 Å². The number of fused-ring (bicyclic) bond motifs is 1. The van der Waals surface area contributed by atoms with Gasteiger partial charge in [0.15, 0.2) is 5.65 Å². The quantitative estimate of drug-likeness (QED) is 0.719. The van der Waals surface area contributed by atoms with Crippen molar-refractivity contribution in [3.8, 4) is 11.4 Å². The van der Waals surface area contributed by atoms with Crippen molar-refractivity contribution in [1.82, 2.24) is 29.6 Å². The first-order valence-corrected chi connectivity index (χ1v) is 11.5. The van der Waals surface area contributed by atoms with Gasteiger partial charge < -0.3 is 14.8 Å². The molecule has 2 saturated heterocycles. The van der Waals surface area contributed by atoms with Crippen LogP contribution in [0, 0.1) is 5.92 Å². The number of aryl methyl sites for hydroxylation is 2. The standard InChI is InChI=1S/C23H33N7/c1-28-16-19(25-21(28)15-17-9-11-24-12-10-17)22-18-7-8-20(26-23(18)29(2)27-22)30-13-5-3-4-6-14-30/h7-8,16-17,24H,3-6,9-15H2,1-2H3. The molecule has 2 fully saturated rings. The zero-order chi connectivity index (χ0) is 20.5.